The summed E-state index contributed by atoms with van der Waals surface area (Å²) in [5.41, 5.74) is 1.95. The molecule has 0 bridgehead atoms. The Labute approximate surface area is 123 Å². The quantitative estimate of drug-likeness (QED) is 0.935. The SMILES string of the molecule is Cc1cc(N2CCC(CC(=O)O)CC2)nc2nn(C)cc12. The van der Waals surface area contributed by atoms with E-state index in [1.807, 2.05) is 13.2 Å². The maximum Gasteiger partial charge on any atom is 0.303 e. The standard InChI is InChI=1S/C15H20N4O2/c1-10-7-13(16-15-12(10)9-18(2)17-15)19-5-3-11(4-6-19)8-14(20)21/h7,9,11H,3-6,8H2,1-2H3,(H,20,21). The summed E-state index contributed by atoms with van der Waals surface area (Å²) in [7, 11) is 1.90. The molecule has 0 aromatic carbocycles. The highest BCUT2D eigenvalue weighted by atomic mass is 16.4. The van der Waals surface area contributed by atoms with Gasteiger partial charge in [0.15, 0.2) is 5.65 Å². The lowest BCUT2D eigenvalue weighted by molar-refractivity contribution is -0.138. The van der Waals surface area contributed by atoms with Crippen LogP contribution in [0.15, 0.2) is 12.3 Å². The van der Waals surface area contributed by atoms with E-state index in [4.69, 9.17) is 5.11 Å². The van der Waals surface area contributed by atoms with Crippen LogP contribution in [0.2, 0.25) is 0 Å². The number of hydrogen-bond acceptors (Lipinski definition) is 4. The van der Waals surface area contributed by atoms with Crippen LogP contribution in [0.4, 0.5) is 5.82 Å². The van der Waals surface area contributed by atoms with Crippen LogP contribution in [0.1, 0.15) is 24.8 Å². The molecule has 2 aromatic rings. The van der Waals surface area contributed by atoms with Crippen LogP contribution in [0, 0.1) is 12.8 Å². The highest BCUT2D eigenvalue weighted by molar-refractivity contribution is 5.80. The van der Waals surface area contributed by atoms with Gasteiger partial charge in [-0.05, 0) is 37.3 Å². The second kappa shape index (κ2) is 5.35. The lowest BCUT2D eigenvalue weighted by Crippen LogP contribution is -2.34. The number of carbonyl (C=O) groups is 1. The minimum Gasteiger partial charge on any atom is -0.481 e. The summed E-state index contributed by atoms with van der Waals surface area (Å²) in [4.78, 5) is 17.7. The first-order valence-corrected chi connectivity index (χ1v) is 7.30. The number of piperidine rings is 1. The molecule has 0 aliphatic carbocycles. The lowest BCUT2D eigenvalue weighted by atomic mass is 9.93. The Morgan fingerprint density at radius 3 is 2.81 bits per heavy atom. The number of nitrogens with zero attached hydrogens (tertiary/aromatic N) is 4. The van der Waals surface area contributed by atoms with E-state index in [1.165, 1.54) is 5.56 Å². The largest absolute Gasteiger partial charge is 0.481 e. The van der Waals surface area contributed by atoms with Crippen molar-refractivity contribution < 1.29 is 9.90 Å². The number of aromatic nitrogens is 3. The molecule has 3 heterocycles. The molecule has 2 aromatic heterocycles. The minimum absolute atomic E-state index is 0.277. The average molecular weight is 288 g/mol. The van der Waals surface area contributed by atoms with Crippen molar-refractivity contribution in [1.29, 1.82) is 0 Å². The Morgan fingerprint density at radius 1 is 1.43 bits per heavy atom. The summed E-state index contributed by atoms with van der Waals surface area (Å²) in [6.45, 7) is 3.80. The summed E-state index contributed by atoms with van der Waals surface area (Å²) < 4.78 is 1.79. The molecule has 1 aliphatic rings. The zero-order valence-corrected chi connectivity index (χ0v) is 12.4. The first kappa shape index (κ1) is 13.9. The molecule has 1 aliphatic heterocycles. The van der Waals surface area contributed by atoms with Crippen LogP contribution in [0.3, 0.4) is 0 Å². The van der Waals surface area contributed by atoms with Crippen molar-refractivity contribution in [3.63, 3.8) is 0 Å². The number of carboxylic acid groups (broad SMARTS) is 1. The number of pyridine rings is 1. The topological polar surface area (TPSA) is 71.2 Å². The molecule has 3 rings (SSSR count). The fraction of sp³-hybridized carbons (Fsp3) is 0.533. The van der Waals surface area contributed by atoms with E-state index in [9.17, 15) is 4.79 Å². The Kier molecular flexibility index (Phi) is 3.53. The maximum absolute atomic E-state index is 10.8. The zero-order chi connectivity index (χ0) is 15.0. The van der Waals surface area contributed by atoms with E-state index in [0.717, 1.165) is 42.8 Å². The van der Waals surface area contributed by atoms with Gasteiger partial charge in [-0.1, -0.05) is 0 Å². The van der Waals surface area contributed by atoms with Crippen molar-refractivity contribution in [2.45, 2.75) is 26.2 Å². The number of fused-ring (bicyclic) bond motifs is 1. The van der Waals surface area contributed by atoms with E-state index in [1.54, 1.807) is 4.68 Å². The van der Waals surface area contributed by atoms with Crippen molar-refractivity contribution in [2.24, 2.45) is 13.0 Å². The molecule has 0 unspecified atom stereocenters. The van der Waals surface area contributed by atoms with Crippen LogP contribution in [-0.4, -0.2) is 38.9 Å². The summed E-state index contributed by atoms with van der Waals surface area (Å²) in [6.07, 6.45) is 4.08. The molecular formula is C15H20N4O2. The monoisotopic (exact) mass is 288 g/mol. The van der Waals surface area contributed by atoms with Crippen molar-refractivity contribution >= 4 is 22.8 Å². The van der Waals surface area contributed by atoms with Gasteiger partial charge in [0.2, 0.25) is 0 Å². The molecule has 21 heavy (non-hydrogen) atoms. The van der Waals surface area contributed by atoms with Crippen molar-refractivity contribution in [2.75, 3.05) is 18.0 Å². The van der Waals surface area contributed by atoms with E-state index in [0.29, 0.717) is 5.92 Å². The third-order valence-electron chi connectivity index (χ3n) is 4.20. The van der Waals surface area contributed by atoms with Gasteiger partial charge in [0.25, 0.3) is 0 Å². The number of carboxylic acids is 1. The fourth-order valence-corrected chi connectivity index (χ4v) is 3.02. The zero-order valence-electron chi connectivity index (χ0n) is 12.4. The van der Waals surface area contributed by atoms with E-state index in [-0.39, 0.29) is 6.42 Å². The normalized spacial score (nSPS) is 16.6. The van der Waals surface area contributed by atoms with E-state index < -0.39 is 5.97 Å². The van der Waals surface area contributed by atoms with Gasteiger partial charge in [-0.25, -0.2) is 4.98 Å². The molecule has 1 N–H and O–H groups in total. The van der Waals surface area contributed by atoms with Gasteiger partial charge in [-0.2, -0.15) is 5.10 Å². The van der Waals surface area contributed by atoms with Crippen molar-refractivity contribution in [3.05, 3.63) is 17.8 Å². The molecule has 1 saturated heterocycles. The number of rotatable bonds is 3. The molecular weight excluding hydrogens is 268 g/mol. The third-order valence-corrected chi connectivity index (χ3v) is 4.20. The third kappa shape index (κ3) is 2.84. The van der Waals surface area contributed by atoms with Crippen LogP contribution < -0.4 is 4.90 Å². The van der Waals surface area contributed by atoms with Crippen molar-refractivity contribution in [1.82, 2.24) is 14.8 Å². The van der Waals surface area contributed by atoms with Gasteiger partial charge in [0.1, 0.15) is 5.82 Å². The molecule has 6 nitrogen and oxygen atoms in total. The number of aryl methyl sites for hydroxylation is 2. The van der Waals surface area contributed by atoms with E-state index >= 15 is 0 Å². The smallest absolute Gasteiger partial charge is 0.303 e. The first-order valence-electron chi connectivity index (χ1n) is 7.30. The summed E-state index contributed by atoms with van der Waals surface area (Å²) in [5, 5.41) is 14.3. The lowest BCUT2D eigenvalue weighted by Gasteiger charge is -2.32. The summed E-state index contributed by atoms with van der Waals surface area (Å²) >= 11 is 0. The van der Waals surface area contributed by atoms with E-state index in [2.05, 4.69) is 28.0 Å². The Bertz CT molecular complexity index is 672. The molecule has 0 saturated carbocycles. The second-order valence-corrected chi connectivity index (χ2v) is 5.87. The van der Waals surface area contributed by atoms with Crippen LogP contribution in [-0.2, 0) is 11.8 Å². The molecule has 6 heteroatoms. The van der Waals surface area contributed by atoms with Crippen molar-refractivity contribution in [3.8, 4) is 0 Å². The predicted octanol–water partition coefficient (Wildman–Crippen LogP) is 1.97. The minimum atomic E-state index is -0.697. The van der Waals surface area contributed by atoms with Crippen LogP contribution >= 0.6 is 0 Å². The highest BCUT2D eigenvalue weighted by Crippen LogP contribution is 2.27. The maximum atomic E-state index is 10.8. The van der Waals surface area contributed by atoms with Gasteiger partial charge in [0, 0.05) is 38.1 Å². The van der Waals surface area contributed by atoms with Gasteiger partial charge in [0.05, 0.1) is 0 Å². The number of anilines is 1. The van der Waals surface area contributed by atoms with Gasteiger partial charge < -0.3 is 10.0 Å². The van der Waals surface area contributed by atoms with Crippen LogP contribution in [0.5, 0.6) is 0 Å². The molecule has 0 spiro atoms. The molecule has 112 valence electrons. The Morgan fingerprint density at radius 2 is 2.14 bits per heavy atom. The van der Waals surface area contributed by atoms with Gasteiger partial charge >= 0.3 is 5.97 Å². The Hall–Kier alpha value is -2.11. The second-order valence-electron chi connectivity index (χ2n) is 5.87. The molecule has 0 radical (unpaired) electrons. The number of aliphatic carboxylic acids is 1. The predicted molar refractivity (Wildman–Crippen MR) is 80.4 cm³/mol. The Balaban J connectivity index is 1.77. The number of hydrogen-bond donors (Lipinski definition) is 1. The van der Waals surface area contributed by atoms with Gasteiger partial charge in [-0.3, -0.25) is 9.48 Å². The fourth-order valence-electron chi connectivity index (χ4n) is 3.02. The average Bonchev–Trinajstić information content (AvgIpc) is 2.80. The summed E-state index contributed by atoms with van der Waals surface area (Å²) in [5.74, 6) is 0.545. The van der Waals surface area contributed by atoms with Gasteiger partial charge in [-0.15, -0.1) is 0 Å². The molecule has 0 atom stereocenters. The van der Waals surface area contributed by atoms with Crippen LogP contribution in [0.25, 0.3) is 11.0 Å². The summed E-state index contributed by atoms with van der Waals surface area (Å²) in [6, 6.07) is 2.10. The highest BCUT2D eigenvalue weighted by Gasteiger charge is 2.22. The first-order chi connectivity index (χ1) is 10.0. The molecule has 0 amide bonds. The molecule has 1 fully saturated rings.